The number of amides is 1. The molecule has 2 rings (SSSR count). The molecular formula is C17H15F3N2O4. The fourth-order valence-corrected chi connectivity index (χ4v) is 1.98. The van der Waals surface area contributed by atoms with E-state index < -0.39 is 30.5 Å². The van der Waals surface area contributed by atoms with Crippen LogP contribution < -0.4 is 10.1 Å². The minimum absolute atomic E-state index is 0.105. The highest BCUT2D eigenvalue weighted by Crippen LogP contribution is 2.20. The zero-order valence-corrected chi connectivity index (χ0v) is 13.7. The second-order valence-electron chi connectivity index (χ2n) is 5.13. The highest BCUT2D eigenvalue weighted by Gasteiger charge is 2.29. The normalized spacial score (nSPS) is 10.9. The van der Waals surface area contributed by atoms with E-state index in [-0.39, 0.29) is 12.1 Å². The lowest BCUT2D eigenvalue weighted by Gasteiger charge is -2.12. The monoisotopic (exact) mass is 368 g/mol. The van der Waals surface area contributed by atoms with E-state index in [4.69, 9.17) is 0 Å². The van der Waals surface area contributed by atoms with Gasteiger partial charge < -0.3 is 14.8 Å². The lowest BCUT2D eigenvalue weighted by molar-refractivity contribution is -0.154. The van der Waals surface area contributed by atoms with Gasteiger partial charge in [-0.3, -0.25) is 4.79 Å². The zero-order valence-electron chi connectivity index (χ0n) is 13.7. The van der Waals surface area contributed by atoms with E-state index in [0.29, 0.717) is 11.1 Å². The van der Waals surface area contributed by atoms with Gasteiger partial charge in [0.25, 0.3) is 5.91 Å². The molecule has 0 fully saturated rings. The van der Waals surface area contributed by atoms with Crippen molar-refractivity contribution in [1.82, 2.24) is 10.3 Å². The number of hydrogen-bond donors (Lipinski definition) is 1. The molecule has 0 saturated heterocycles. The number of methoxy groups -OCH3 is 1. The van der Waals surface area contributed by atoms with Gasteiger partial charge in [0.05, 0.1) is 12.7 Å². The van der Waals surface area contributed by atoms with Crippen LogP contribution in [0.4, 0.5) is 13.2 Å². The van der Waals surface area contributed by atoms with Crippen LogP contribution in [0.2, 0.25) is 0 Å². The standard InChI is InChI=1S/C17H15F3N2O4/c1-25-16(24)12-6-4-11(5-7-12)9-22-14(23)13-3-2-8-21-15(13)26-10-17(18,19)20/h2-8H,9-10H2,1H3,(H,22,23). The maximum absolute atomic E-state index is 12.3. The highest BCUT2D eigenvalue weighted by atomic mass is 19.4. The predicted octanol–water partition coefficient (Wildman–Crippen LogP) is 2.74. The van der Waals surface area contributed by atoms with Gasteiger partial charge in [-0.25, -0.2) is 9.78 Å². The van der Waals surface area contributed by atoms with Crippen molar-refractivity contribution < 1.29 is 32.2 Å². The molecule has 2 aromatic rings. The number of carbonyl (C=O) groups excluding carboxylic acids is 2. The van der Waals surface area contributed by atoms with Gasteiger partial charge in [0.1, 0.15) is 5.56 Å². The van der Waals surface area contributed by atoms with Crippen LogP contribution in [0, 0.1) is 0 Å². The minimum Gasteiger partial charge on any atom is -0.467 e. The molecule has 0 bridgehead atoms. The van der Waals surface area contributed by atoms with Crippen LogP contribution in [-0.4, -0.2) is 36.8 Å². The lowest BCUT2D eigenvalue weighted by Crippen LogP contribution is -2.25. The number of carbonyl (C=O) groups is 2. The Morgan fingerprint density at radius 1 is 1.15 bits per heavy atom. The van der Waals surface area contributed by atoms with Crippen LogP contribution in [0.15, 0.2) is 42.6 Å². The minimum atomic E-state index is -4.54. The Morgan fingerprint density at radius 2 is 1.85 bits per heavy atom. The number of benzene rings is 1. The average Bonchev–Trinajstić information content (AvgIpc) is 2.64. The molecule has 1 aromatic heterocycles. The summed E-state index contributed by atoms with van der Waals surface area (Å²) in [6.45, 7) is -1.44. The molecule has 26 heavy (non-hydrogen) atoms. The van der Waals surface area contributed by atoms with Crippen molar-refractivity contribution in [2.24, 2.45) is 0 Å². The third kappa shape index (κ3) is 5.47. The third-order valence-electron chi connectivity index (χ3n) is 3.22. The summed E-state index contributed by atoms with van der Waals surface area (Å²) in [6, 6.07) is 9.05. The SMILES string of the molecule is COC(=O)c1ccc(CNC(=O)c2cccnc2OCC(F)(F)F)cc1. The Kier molecular flexibility index (Phi) is 6.16. The Labute approximate surface area is 146 Å². The lowest BCUT2D eigenvalue weighted by atomic mass is 10.1. The number of alkyl halides is 3. The molecule has 1 amide bonds. The summed E-state index contributed by atoms with van der Waals surface area (Å²) in [6.07, 6.45) is -3.30. The zero-order chi connectivity index (χ0) is 19.2. The van der Waals surface area contributed by atoms with Gasteiger partial charge >= 0.3 is 12.1 Å². The fraction of sp³-hybridized carbons (Fsp3) is 0.235. The van der Waals surface area contributed by atoms with Gasteiger partial charge in [-0.1, -0.05) is 12.1 Å². The summed E-state index contributed by atoms with van der Waals surface area (Å²) >= 11 is 0. The summed E-state index contributed by atoms with van der Waals surface area (Å²) in [7, 11) is 1.27. The topological polar surface area (TPSA) is 77.5 Å². The molecule has 0 aliphatic carbocycles. The summed E-state index contributed by atoms with van der Waals surface area (Å²) in [5.41, 5.74) is 0.938. The molecule has 6 nitrogen and oxygen atoms in total. The van der Waals surface area contributed by atoms with Gasteiger partial charge in [0.15, 0.2) is 6.61 Å². The molecule has 0 atom stereocenters. The first kappa shape index (κ1) is 19.2. The molecule has 0 unspecified atom stereocenters. The molecule has 0 aliphatic heterocycles. The molecule has 1 heterocycles. The molecule has 1 N–H and O–H groups in total. The van der Waals surface area contributed by atoms with Crippen LogP contribution in [0.1, 0.15) is 26.3 Å². The number of aromatic nitrogens is 1. The molecule has 0 radical (unpaired) electrons. The van der Waals surface area contributed by atoms with Crippen molar-refractivity contribution in [3.8, 4) is 5.88 Å². The Bertz CT molecular complexity index is 776. The van der Waals surface area contributed by atoms with Gasteiger partial charge in [-0.2, -0.15) is 13.2 Å². The number of pyridine rings is 1. The van der Waals surface area contributed by atoms with Crippen molar-refractivity contribution >= 4 is 11.9 Å². The Morgan fingerprint density at radius 3 is 2.46 bits per heavy atom. The predicted molar refractivity (Wildman–Crippen MR) is 84.7 cm³/mol. The smallest absolute Gasteiger partial charge is 0.422 e. The van der Waals surface area contributed by atoms with E-state index in [1.165, 1.54) is 37.6 Å². The van der Waals surface area contributed by atoms with Crippen molar-refractivity contribution in [2.75, 3.05) is 13.7 Å². The van der Waals surface area contributed by atoms with Gasteiger partial charge in [-0.15, -0.1) is 0 Å². The molecule has 0 saturated carbocycles. The Hall–Kier alpha value is -3.10. The fourth-order valence-electron chi connectivity index (χ4n) is 1.98. The van der Waals surface area contributed by atoms with E-state index in [1.54, 1.807) is 12.1 Å². The summed E-state index contributed by atoms with van der Waals surface area (Å²) in [5.74, 6) is -1.52. The number of ether oxygens (including phenoxy) is 2. The van der Waals surface area contributed by atoms with E-state index in [0.717, 1.165) is 0 Å². The first-order chi connectivity index (χ1) is 12.3. The number of rotatable bonds is 6. The van der Waals surface area contributed by atoms with Crippen molar-refractivity contribution in [3.05, 3.63) is 59.3 Å². The van der Waals surface area contributed by atoms with Crippen LogP contribution >= 0.6 is 0 Å². The van der Waals surface area contributed by atoms with Gasteiger partial charge in [0, 0.05) is 12.7 Å². The maximum atomic E-state index is 12.3. The van der Waals surface area contributed by atoms with Gasteiger partial charge in [-0.05, 0) is 29.8 Å². The number of hydrogen-bond acceptors (Lipinski definition) is 5. The largest absolute Gasteiger partial charge is 0.467 e. The first-order valence-corrected chi connectivity index (χ1v) is 7.40. The van der Waals surface area contributed by atoms with Crippen molar-refractivity contribution in [1.29, 1.82) is 0 Å². The average molecular weight is 368 g/mol. The van der Waals surface area contributed by atoms with Crippen LogP contribution in [0.5, 0.6) is 5.88 Å². The molecule has 0 aliphatic rings. The molecular weight excluding hydrogens is 353 g/mol. The second kappa shape index (κ2) is 8.32. The Balaban J connectivity index is 2.01. The number of esters is 1. The molecule has 138 valence electrons. The van der Waals surface area contributed by atoms with Gasteiger partial charge in [0.2, 0.25) is 5.88 Å². The molecule has 9 heteroatoms. The van der Waals surface area contributed by atoms with E-state index >= 15 is 0 Å². The van der Waals surface area contributed by atoms with Crippen LogP contribution in [0.25, 0.3) is 0 Å². The summed E-state index contributed by atoms with van der Waals surface area (Å²) in [5, 5.41) is 2.56. The van der Waals surface area contributed by atoms with Crippen molar-refractivity contribution in [3.63, 3.8) is 0 Å². The highest BCUT2D eigenvalue weighted by molar-refractivity contribution is 5.96. The number of halogens is 3. The quantitative estimate of drug-likeness (QED) is 0.794. The molecule has 1 aromatic carbocycles. The maximum Gasteiger partial charge on any atom is 0.422 e. The summed E-state index contributed by atoms with van der Waals surface area (Å²) in [4.78, 5) is 27.2. The first-order valence-electron chi connectivity index (χ1n) is 7.40. The van der Waals surface area contributed by atoms with E-state index in [9.17, 15) is 22.8 Å². The van der Waals surface area contributed by atoms with Crippen molar-refractivity contribution in [2.45, 2.75) is 12.7 Å². The third-order valence-corrected chi connectivity index (χ3v) is 3.22. The molecule has 0 spiro atoms. The van der Waals surface area contributed by atoms with Crippen LogP contribution in [-0.2, 0) is 11.3 Å². The number of nitrogens with one attached hydrogen (secondary N) is 1. The van der Waals surface area contributed by atoms with Crippen LogP contribution in [0.3, 0.4) is 0 Å². The van der Waals surface area contributed by atoms with E-state index in [2.05, 4.69) is 19.8 Å². The second-order valence-corrected chi connectivity index (χ2v) is 5.13. The summed E-state index contributed by atoms with van der Waals surface area (Å²) < 4.78 is 46.0. The number of nitrogens with zero attached hydrogens (tertiary/aromatic N) is 1. The van der Waals surface area contributed by atoms with E-state index in [1.807, 2.05) is 0 Å².